The first kappa shape index (κ1) is 12.8. The molecular weight excluding hydrogens is 244 g/mol. The van der Waals surface area contributed by atoms with Crippen molar-refractivity contribution in [1.29, 1.82) is 0 Å². The second-order valence-electron chi connectivity index (χ2n) is 5.30. The van der Waals surface area contributed by atoms with E-state index in [0.29, 0.717) is 0 Å². The average Bonchev–Trinajstić information content (AvgIpc) is 2.86. The Bertz CT molecular complexity index is 725. The first-order chi connectivity index (χ1) is 9.75. The molecule has 2 aromatic carbocycles. The largest absolute Gasteiger partial charge is 0.384 e. The molecule has 0 fully saturated rings. The number of fused-ring (bicyclic) bond motifs is 1. The van der Waals surface area contributed by atoms with E-state index in [1.54, 1.807) is 0 Å². The minimum absolute atomic E-state index is 0.950. The Hall–Kier alpha value is -2.22. The van der Waals surface area contributed by atoms with Gasteiger partial charge in [-0.2, -0.15) is 0 Å². The summed E-state index contributed by atoms with van der Waals surface area (Å²) >= 11 is 0. The lowest BCUT2D eigenvalue weighted by molar-refractivity contribution is 1.03. The van der Waals surface area contributed by atoms with Crippen molar-refractivity contribution in [2.75, 3.05) is 11.9 Å². The van der Waals surface area contributed by atoms with Crippen LogP contribution in [-0.2, 0) is 6.42 Å². The maximum Gasteiger partial charge on any atom is 0.0486 e. The van der Waals surface area contributed by atoms with E-state index in [2.05, 4.69) is 72.8 Å². The van der Waals surface area contributed by atoms with Gasteiger partial charge in [-0.3, -0.25) is 0 Å². The number of aromatic nitrogens is 1. The van der Waals surface area contributed by atoms with Gasteiger partial charge in [0.2, 0.25) is 0 Å². The number of H-pyrrole nitrogens is 1. The van der Waals surface area contributed by atoms with E-state index in [1.165, 1.54) is 33.3 Å². The van der Waals surface area contributed by atoms with Crippen molar-refractivity contribution in [2.24, 2.45) is 0 Å². The van der Waals surface area contributed by atoms with Gasteiger partial charge in [-0.15, -0.1) is 0 Å². The van der Waals surface area contributed by atoms with Crippen LogP contribution in [0.1, 0.15) is 16.7 Å². The molecule has 0 aliphatic rings. The van der Waals surface area contributed by atoms with Gasteiger partial charge in [0, 0.05) is 29.3 Å². The molecule has 0 saturated heterocycles. The summed E-state index contributed by atoms with van der Waals surface area (Å²) < 4.78 is 0. The predicted octanol–water partition coefficient (Wildman–Crippen LogP) is 4.44. The highest BCUT2D eigenvalue weighted by Gasteiger charge is 2.05. The van der Waals surface area contributed by atoms with Crippen molar-refractivity contribution in [3.63, 3.8) is 0 Å². The first-order valence-corrected chi connectivity index (χ1v) is 7.11. The van der Waals surface area contributed by atoms with Crippen molar-refractivity contribution >= 4 is 16.6 Å². The highest BCUT2D eigenvalue weighted by atomic mass is 14.9. The molecule has 0 radical (unpaired) electrons. The van der Waals surface area contributed by atoms with Crippen LogP contribution in [0.2, 0.25) is 0 Å². The molecule has 3 rings (SSSR count). The van der Waals surface area contributed by atoms with Crippen molar-refractivity contribution in [3.05, 3.63) is 65.4 Å². The van der Waals surface area contributed by atoms with E-state index in [1.807, 2.05) is 0 Å². The first-order valence-electron chi connectivity index (χ1n) is 7.11. The minimum Gasteiger partial charge on any atom is -0.384 e. The zero-order chi connectivity index (χ0) is 13.9. The van der Waals surface area contributed by atoms with Crippen molar-refractivity contribution < 1.29 is 0 Å². The van der Waals surface area contributed by atoms with E-state index in [-0.39, 0.29) is 0 Å². The summed E-state index contributed by atoms with van der Waals surface area (Å²) in [5.41, 5.74) is 6.47. The van der Waals surface area contributed by atoms with Crippen molar-refractivity contribution in [3.8, 4) is 0 Å². The lowest BCUT2D eigenvalue weighted by Crippen LogP contribution is -2.05. The molecule has 0 unspecified atom stereocenters. The summed E-state index contributed by atoms with van der Waals surface area (Å²) in [6, 6.07) is 14.9. The van der Waals surface area contributed by atoms with E-state index >= 15 is 0 Å². The van der Waals surface area contributed by atoms with Gasteiger partial charge in [-0.25, -0.2) is 0 Å². The number of para-hydroxylation sites is 2. The minimum atomic E-state index is 0.950. The zero-order valence-corrected chi connectivity index (χ0v) is 12.0. The quantitative estimate of drug-likeness (QED) is 0.716. The Labute approximate surface area is 119 Å². The predicted molar refractivity (Wildman–Crippen MR) is 86.4 cm³/mol. The fraction of sp³-hybridized carbons (Fsp3) is 0.222. The topological polar surface area (TPSA) is 27.8 Å². The van der Waals surface area contributed by atoms with Gasteiger partial charge >= 0.3 is 0 Å². The smallest absolute Gasteiger partial charge is 0.0486 e. The number of rotatable bonds is 4. The van der Waals surface area contributed by atoms with Crippen LogP contribution in [0.5, 0.6) is 0 Å². The molecule has 1 aromatic heterocycles. The molecular formula is C18H20N2. The van der Waals surface area contributed by atoms with Crippen molar-refractivity contribution in [1.82, 2.24) is 4.98 Å². The molecule has 0 saturated carbocycles. The van der Waals surface area contributed by atoms with Gasteiger partial charge in [-0.05, 0) is 43.0 Å². The molecule has 2 nitrogen and oxygen atoms in total. The molecule has 0 aliphatic carbocycles. The fourth-order valence-electron chi connectivity index (χ4n) is 2.67. The van der Waals surface area contributed by atoms with Crippen LogP contribution in [0.25, 0.3) is 10.9 Å². The fourth-order valence-corrected chi connectivity index (χ4v) is 2.67. The summed E-state index contributed by atoms with van der Waals surface area (Å²) in [6.07, 6.45) is 3.16. The third kappa shape index (κ3) is 2.42. The average molecular weight is 264 g/mol. The Balaban J connectivity index is 1.72. The van der Waals surface area contributed by atoms with E-state index in [9.17, 15) is 0 Å². The second-order valence-corrected chi connectivity index (χ2v) is 5.30. The summed E-state index contributed by atoms with van der Waals surface area (Å²) in [5, 5.41) is 4.86. The Kier molecular flexibility index (Phi) is 3.46. The molecule has 0 amide bonds. The van der Waals surface area contributed by atoms with Gasteiger partial charge in [0.15, 0.2) is 0 Å². The molecule has 0 spiro atoms. The second kappa shape index (κ2) is 5.41. The molecule has 2 N–H and O–H groups in total. The summed E-state index contributed by atoms with van der Waals surface area (Å²) in [7, 11) is 0. The van der Waals surface area contributed by atoms with Crippen LogP contribution in [-0.4, -0.2) is 11.5 Å². The number of hydrogen-bond donors (Lipinski definition) is 2. The third-order valence-electron chi connectivity index (χ3n) is 3.86. The van der Waals surface area contributed by atoms with E-state index in [4.69, 9.17) is 0 Å². The number of hydrogen-bond acceptors (Lipinski definition) is 1. The summed E-state index contributed by atoms with van der Waals surface area (Å²) in [5.74, 6) is 0. The Morgan fingerprint density at radius 2 is 1.75 bits per heavy atom. The van der Waals surface area contributed by atoms with Crippen LogP contribution >= 0.6 is 0 Å². The van der Waals surface area contributed by atoms with Crippen LogP contribution in [0.15, 0.2) is 48.7 Å². The lowest BCUT2D eigenvalue weighted by atomic mass is 10.1. The third-order valence-corrected chi connectivity index (χ3v) is 3.86. The standard InChI is InChI=1S/C18H20N2/c1-13-6-3-4-9-17(13)19-11-10-15-12-20-18-14(2)7-5-8-16(15)18/h3-9,12,19-20H,10-11H2,1-2H3. The van der Waals surface area contributed by atoms with Crippen molar-refractivity contribution in [2.45, 2.75) is 20.3 Å². The molecule has 0 aliphatic heterocycles. The van der Waals surface area contributed by atoms with Gasteiger partial charge in [-0.1, -0.05) is 36.4 Å². The SMILES string of the molecule is Cc1ccccc1NCCc1c[nH]c2c(C)cccc12. The molecule has 3 aromatic rings. The number of aryl methyl sites for hydroxylation is 2. The Morgan fingerprint density at radius 3 is 2.60 bits per heavy atom. The molecule has 0 bridgehead atoms. The monoisotopic (exact) mass is 264 g/mol. The van der Waals surface area contributed by atoms with Gasteiger partial charge < -0.3 is 10.3 Å². The molecule has 0 atom stereocenters. The van der Waals surface area contributed by atoms with Gasteiger partial charge in [0.05, 0.1) is 0 Å². The van der Waals surface area contributed by atoms with Crippen LogP contribution in [0.3, 0.4) is 0 Å². The number of aromatic amines is 1. The molecule has 20 heavy (non-hydrogen) atoms. The van der Waals surface area contributed by atoms with Crippen LogP contribution in [0.4, 0.5) is 5.69 Å². The van der Waals surface area contributed by atoms with Crippen LogP contribution in [0, 0.1) is 13.8 Å². The maximum atomic E-state index is 3.52. The van der Waals surface area contributed by atoms with Gasteiger partial charge in [0.25, 0.3) is 0 Å². The van der Waals surface area contributed by atoms with Gasteiger partial charge in [0.1, 0.15) is 0 Å². The lowest BCUT2D eigenvalue weighted by Gasteiger charge is -2.08. The Morgan fingerprint density at radius 1 is 0.950 bits per heavy atom. The molecule has 2 heteroatoms. The van der Waals surface area contributed by atoms with Crippen LogP contribution < -0.4 is 5.32 Å². The highest BCUT2D eigenvalue weighted by Crippen LogP contribution is 2.22. The number of anilines is 1. The normalized spacial score (nSPS) is 10.9. The highest BCUT2D eigenvalue weighted by molar-refractivity contribution is 5.85. The maximum absolute atomic E-state index is 3.52. The van der Waals surface area contributed by atoms with E-state index < -0.39 is 0 Å². The number of benzene rings is 2. The molecule has 1 heterocycles. The number of nitrogens with one attached hydrogen (secondary N) is 2. The summed E-state index contributed by atoms with van der Waals surface area (Å²) in [4.78, 5) is 3.39. The molecule has 102 valence electrons. The van der Waals surface area contributed by atoms with E-state index in [0.717, 1.165) is 13.0 Å². The zero-order valence-electron chi connectivity index (χ0n) is 12.0. The summed E-state index contributed by atoms with van der Waals surface area (Å²) in [6.45, 7) is 5.23.